The molecule has 2 aliphatic heterocycles. The maximum atomic E-state index is 2.76. The second kappa shape index (κ2) is 7.21. The van der Waals surface area contributed by atoms with Crippen molar-refractivity contribution in [3.05, 3.63) is 47.5 Å². The fourth-order valence-corrected chi connectivity index (χ4v) is 5.10. The second-order valence-electron chi connectivity index (χ2n) is 8.03. The summed E-state index contributed by atoms with van der Waals surface area (Å²) in [6.07, 6.45) is 17.1. The highest BCUT2D eigenvalue weighted by Gasteiger charge is 2.36. The molecular weight excluding hydrogens is 278 g/mol. The monoisotopic (exact) mass is 309 g/mol. The molecule has 0 aromatic heterocycles. The Balaban J connectivity index is 1.34. The summed E-state index contributed by atoms with van der Waals surface area (Å²) in [5, 5.41) is 0. The lowest BCUT2D eigenvalue weighted by molar-refractivity contribution is 0.193. The van der Waals surface area contributed by atoms with E-state index in [1.165, 1.54) is 69.8 Å². The van der Waals surface area contributed by atoms with Gasteiger partial charge < -0.3 is 0 Å². The third-order valence-corrected chi connectivity index (χ3v) is 6.42. The van der Waals surface area contributed by atoms with E-state index in [0.717, 1.165) is 24.5 Å². The molecule has 1 saturated heterocycles. The van der Waals surface area contributed by atoms with E-state index < -0.39 is 0 Å². The van der Waals surface area contributed by atoms with Crippen LogP contribution in [0, 0.1) is 5.92 Å². The van der Waals surface area contributed by atoms with Crippen LogP contribution in [0.4, 0.5) is 0 Å². The summed E-state index contributed by atoms with van der Waals surface area (Å²) in [7, 11) is 0. The van der Waals surface area contributed by atoms with Crippen LogP contribution >= 0.6 is 0 Å². The van der Waals surface area contributed by atoms with Crippen molar-refractivity contribution >= 4 is 0 Å². The zero-order valence-corrected chi connectivity index (χ0v) is 14.4. The Morgan fingerprint density at radius 3 is 2.52 bits per heavy atom. The molecule has 4 rings (SSSR count). The van der Waals surface area contributed by atoms with Gasteiger partial charge in [0, 0.05) is 18.6 Å². The molecule has 2 heterocycles. The first-order chi connectivity index (χ1) is 11.4. The first kappa shape index (κ1) is 15.4. The minimum absolute atomic E-state index is 0.718. The predicted molar refractivity (Wildman–Crippen MR) is 97.3 cm³/mol. The quantitative estimate of drug-likeness (QED) is 0.630. The van der Waals surface area contributed by atoms with Crippen LogP contribution in [0.2, 0.25) is 0 Å². The Labute approximate surface area is 141 Å². The Morgan fingerprint density at radius 1 is 0.913 bits per heavy atom. The van der Waals surface area contributed by atoms with Gasteiger partial charge in [-0.05, 0) is 43.6 Å². The maximum Gasteiger partial charge on any atom is 0.0288 e. The first-order valence-corrected chi connectivity index (χ1v) is 9.88. The van der Waals surface area contributed by atoms with E-state index in [1.54, 1.807) is 5.57 Å². The van der Waals surface area contributed by atoms with Crippen LogP contribution in [-0.4, -0.2) is 17.0 Å². The normalized spacial score (nSPS) is 28.8. The molecule has 0 amide bonds. The minimum atomic E-state index is 0.718. The molecule has 2 atom stereocenters. The molecule has 1 aromatic rings. The molecule has 1 aliphatic carbocycles. The van der Waals surface area contributed by atoms with Gasteiger partial charge in [-0.2, -0.15) is 0 Å². The van der Waals surface area contributed by atoms with Crippen molar-refractivity contribution in [2.24, 2.45) is 5.92 Å². The summed E-state index contributed by atoms with van der Waals surface area (Å²) in [6.45, 7) is 1.14. The molecule has 0 radical (unpaired) electrons. The van der Waals surface area contributed by atoms with Gasteiger partial charge in [0.25, 0.3) is 0 Å². The Hall–Kier alpha value is -1.08. The molecule has 1 nitrogen and oxygen atoms in total. The van der Waals surface area contributed by atoms with Crippen LogP contribution in [0.15, 0.2) is 42.0 Å². The number of fused-ring (bicyclic) bond motifs is 2. The van der Waals surface area contributed by atoms with Crippen molar-refractivity contribution in [3.63, 3.8) is 0 Å². The molecule has 3 aliphatic rings. The van der Waals surface area contributed by atoms with Crippen molar-refractivity contribution in [2.75, 3.05) is 0 Å². The number of hydrogen-bond acceptors (Lipinski definition) is 1. The van der Waals surface area contributed by atoms with Crippen molar-refractivity contribution in [1.29, 1.82) is 0 Å². The summed E-state index contributed by atoms with van der Waals surface area (Å²) in [6, 6.07) is 12.6. The fraction of sp³-hybridized carbons (Fsp3) is 0.636. The zero-order valence-electron chi connectivity index (χ0n) is 14.4. The van der Waals surface area contributed by atoms with E-state index in [0.29, 0.717) is 0 Å². The highest BCUT2D eigenvalue weighted by atomic mass is 15.2. The van der Waals surface area contributed by atoms with Gasteiger partial charge in [-0.15, -0.1) is 0 Å². The molecular formula is C22H31N. The van der Waals surface area contributed by atoms with E-state index in [-0.39, 0.29) is 0 Å². The molecule has 124 valence electrons. The average molecular weight is 309 g/mol. The van der Waals surface area contributed by atoms with Crippen molar-refractivity contribution in [2.45, 2.75) is 82.8 Å². The van der Waals surface area contributed by atoms with Gasteiger partial charge in [-0.1, -0.05) is 74.1 Å². The SMILES string of the molecule is C1=C(CCC2CCCCC2)CC2CCC1N2Cc1ccccc1. The van der Waals surface area contributed by atoms with Gasteiger partial charge in [0.15, 0.2) is 0 Å². The van der Waals surface area contributed by atoms with Crippen LogP contribution in [-0.2, 0) is 6.54 Å². The van der Waals surface area contributed by atoms with Gasteiger partial charge in [-0.25, -0.2) is 0 Å². The summed E-state index contributed by atoms with van der Waals surface area (Å²) < 4.78 is 0. The van der Waals surface area contributed by atoms with Gasteiger partial charge >= 0.3 is 0 Å². The molecule has 23 heavy (non-hydrogen) atoms. The number of benzene rings is 1. The van der Waals surface area contributed by atoms with Crippen LogP contribution in [0.3, 0.4) is 0 Å². The van der Waals surface area contributed by atoms with Crippen molar-refractivity contribution in [3.8, 4) is 0 Å². The second-order valence-corrected chi connectivity index (χ2v) is 8.03. The third kappa shape index (κ3) is 3.71. The summed E-state index contributed by atoms with van der Waals surface area (Å²) in [5.74, 6) is 1.03. The molecule has 1 heteroatoms. The lowest BCUT2D eigenvalue weighted by atomic mass is 9.84. The predicted octanol–water partition coefficient (Wildman–Crippen LogP) is 5.71. The molecule has 2 bridgehead atoms. The van der Waals surface area contributed by atoms with Gasteiger partial charge in [-0.3, -0.25) is 4.90 Å². The fourth-order valence-electron chi connectivity index (χ4n) is 5.10. The maximum absolute atomic E-state index is 2.76. The van der Waals surface area contributed by atoms with Crippen molar-refractivity contribution < 1.29 is 0 Å². The smallest absolute Gasteiger partial charge is 0.0288 e. The molecule has 0 N–H and O–H groups in total. The number of nitrogens with zero attached hydrogens (tertiary/aromatic N) is 1. The molecule has 2 fully saturated rings. The van der Waals surface area contributed by atoms with E-state index in [4.69, 9.17) is 0 Å². The lowest BCUT2D eigenvalue weighted by Crippen LogP contribution is -2.38. The van der Waals surface area contributed by atoms with Crippen LogP contribution < -0.4 is 0 Å². The van der Waals surface area contributed by atoms with Gasteiger partial charge in [0.05, 0.1) is 0 Å². The lowest BCUT2D eigenvalue weighted by Gasteiger charge is -2.34. The summed E-state index contributed by atoms with van der Waals surface area (Å²) in [4.78, 5) is 2.76. The van der Waals surface area contributed by atoms with E-state index in [1.807, 2.05) is 0 Å². The molecule has 1 aromatic carbocycles. The molecule has 1 saturated carbocycles. The van der Waals surface area contributed by atoms with E-state index in [9.17, 15) is 0 Å². The molecule has 2 unspecified atom stereocenters. The van der Waals surface area contributed by atoms with Crippen LogP contribution in [0.5, 0.6) is 0 Å². The van der Waals surface area contributed by atoms with E-state index in [2.05, 4.69) is 41.3 Å². The third-order valence-electron chi connectivity index (χ3n) is 6.42. The Morgan fingerprint density at radius 2 is 1.74 bits per heavy atom. The highest BCUT2D eigenvalue weighted by Crippen LogP contribution is 2.38. The van der Waals surface area contributed by atoms with E-state index >= 15 is 0 Å². The van der Waals surface area contributed by atoms with Crippen LogP contribution in [0.25, 0.3) is 0 Å². The topological polar surface area (TPSA) is 3.24 Å². The largest absolute Gasteiger partial charge is 0.289 e. The average Bonchev–Trinajstić information content (AvgIpc) is 2.83. The standard InChI is InChI=1S/C22H31N/c1-3-7-18(8-4-1)11-12-20-15-21-13-14-22(16-20)23(21)17-19-9-5-2-6-10-19/h2,5-6,9-10,15,18,21-22H,1,3-4,7-8,11-14,16-17H2. The Bertz CT molecular complexity index is 526. The van der Waals surface area contributed by atoms with Crippen LogP contribution in [0.1, 0.15) is 69.8 Å². The minimum Gasteiger partial charge on any atom is -0.289 e. The summed E-state index contributed by atoms with van der Waals surface area (Å²) in [5.41, 5.74) is 3.26. The first-order valence-electron chi connectivity index (χ1n) is 9.88. The van der Waals surface area contributed by atoms with Gasteiger partial charge in [0.2, 0.25) is 0 Å². The Kier molecular flexibility index (Phi) is 4.85. The molecule has 0 spiro atoms. The summed E-state index contributed by atoms with van der Waals surface area (Å²) >= 11 is 0. The van der Waals surface area contributed by atoms with Gasteiger partial charge in [0.1, 0.15) is 0 Å². The zero-order chi connectivity index (χ0) is 15.5. The highest BCUT2D eigenvalue weighted by molar-refractivity contribution is 5.21. The van der Waals surface area contributed by atoms with Crippen molar-refractivity contribution in [1.82, 2.24) is 4.90 Å². The number of rotatable bonds is 5. The number of hydrogen-bond donors (Lipinski definition) is 0.